The molecule has 8 nitrogen and oxygen atoms in total. The van der Waals surface area contributed by atoms with E-state index in [9.17, 15) is 8.42 Å². The van der Waals surface area contributed by atoms with Crippen LogP contribution in [0.3, 0.4) is 0 Å². The molecule has 0 aliphatic carbocycles. The summed E-state index contributed by atoms with van der Waals surface area (Å²) in [5.74, 6) is 0.885. The predicted molar refractivity (Wildman–Crippen MR) is 131 cm³/mol. The fraction of sp³-hybridized carbons (Fsp3) is 0.944. The van der Waals surface area contributed by atoms with Crippen LogP contribution in [0.4, 0.5) is 0 Å². The highest BCUT2D eigenvalue weighted by Crippen LogP contribution is 2.33. The Balaban J connectivity index is 0.00000420. The van der Waals surface area contributed by atoms with E-state index >= 15 is 0 Å². The lowest BCUT2D eigenvalue weighted by Gasteiger charge is -2.39. The summed E-state index contributed by atoms with van der Waals surface area (Å²) in [6, 6.07) is 0. The molecule has 11 heteroatoms. The van der Waals surface area contributed by atoms with Gasteiger partial charge in [0, 0.05) is 57.7 Å². The number of thioether (sulfide) groups is 1. The van der Waals surface area contributed by atoms with Gasteiger partial charge in [0.25, 0.3) is 0 Å². The molecule has 2 aliphatic rings. The normalized spacial score (nSPS) is 21.1. The Morgan fingerprint density at radius 3 is 2.38 bits per heavy atom. The summed E-state index contributed by atoms with van der Waals surface area (Å²) in [5, 5.41) is 3.51. The average Bonchev–Trinajstić information content (AvgIpc) is 2.69. The molecule has 2 rings (SSSR count). The molecule has 2 fully saturated rings. The van der Waals surface area contributed by atoms with Gasteiger partial charge in [0.2, 0.25) is 10.0 Å². The third-order valence-corrected chi connectivity index (χ3v) is 8.59. The molecule has 0 unspecified atom stereocenters. The number of sulfonamides is 1. The molecule has 0 spiro atoms. The number of nitrogens with zero attached hydrogens (tertiary/aromatic N) is 3. The second-order valence-electron chi connectivity index (χ2n) is 7.52. The van der Waals surface area contributed by atoms with Gasteiger partial charge < -0.3 is 19.7 Å². The number of ether oxygens (including phenoxy) is 2. The standard InChI is InChI=1S/C18H36N4O4S2.HI/c1-16(2)26-13-14-28(23,24)22-9-7-21(8-10-22)17(19-3)20-15-18(27-4)5-11-25-12-6-18;/h16H,5-15H2,1-4H3,(H,19,20);1H. The zero-order chi connectivity index (χ0) is 20.6. The van der Waals surface area contributed by atoms with Crippen LogP contribution in [0, 0.1) is 0 Å². The van der Waals surface area contributed by atoms with Gasteiger partial charge in [-0.15, -0.1) is 24.0 Å². The quantitative estimate of drug-likeness (QED) is 0.272. The van der Waals surface area contributed by atoms with Crippen LogP contribution in [-0.4, -0.2) is 106 Å². The van der Waals surface area contributed by atoms with E-state index in [0.29, 0.717) is 26.2 Å². The maximum Gasteiger partial charge on any atom is 0.216 e. The lowest BCUT2D eigenvalue weighted by molar-refractivity contribution is 0.0780. The molecule has 0 aromatic carbocycles. The van der Waals surface area contributed by atoms with Crippen LogP contribution in [0.15, 0.2) is 4.99 Å². The van der Waals surface area contributed by atoms with E-state index in [1.54, 1.807) is 11.4 Å². The fourth-order valence-corrected chi connectivity index (χ4v) is 5.54. The van der Waals surface area contributed by atoms with Gasteiger partial charge in [0.15, 0.2) is 5.96 Å². The molecule has 1 N–H and O–H groups in total. The third kappa shape index (κ3) is 8.32. The molecular formula is C18H37IN4O4S2. The lowest BCUT2D eigenvalue weighted by atomic mass is 9.99. The average molecular weight is 565 g/mol. The zero-order valence-corrected chi connectivity index (χ0v) is 22.0. The summed E-state index contributed by atoms with van der Waals surface area (Å²) >= 11 is 1.89. The van der Waals surface area contributed by atoms with Crippen LogP contribution in [0.25, 0.3) is 0 Å². The topological polar surface area (TPSA) is 83.5 Å². The number of guanidine groups is 1. The largest absolute Gasteiger partial charge is 0.381 e. The van der Waals surface area contributed by atoms with Crippen LogP contribution < -0.4 is 5.32 Å². The van der Waals surface area contributed by atoms with Gasteiger partial charge in [-0.1, -0.05) is 0 Å². The number of hydrogen-bond donors (Lipinski definition) is 1. The minimum atomic E-state index is -3.27. The number of halogens is 1. The minimum absolute atomic E-state index is 0. The predicted octanol–water partition coefficient (Wildman–Crippen LogP) is 1.46. The first-order valence-corrected chi connectivity index (χ1v) is 12.8. The Morgan fingerprint density at radius 2 is 1.86 bits per heavy atom. The lowest BCUT2D eigenvalue weighted by Crippen LogP contribution is -2.56. The minimum Gasteiger partial charge on any atom is -0.381 e. The highest BCUT2D eigenvalue weighted by atomic mass is 127. The number of piperazine rings is 1. The van der Waals surface area contributed by atoms with E-state index < -0.39 is 10.0 Å². The molecule has 172 valence electrons. The van der Waals surface area contributed by atoms with Crippen molar-refractivity contribution < 1.29 is 17.9 Å². The number of hydrogen-bond acceptors (Lipinski definition) is 6. The molecule has 0 aromatic rings. The maximum atomic E-state index is 12.5. The van der Waals surface area contributed by atoms with Crippen LogP contribution in [0.5, 0.6) is 0 Å². The van der Waals surface area contributed by atoms with Crippen molar-refractivity contribution in [2.24, 2.45) is 4.99 Å². The van der Waals surface area contributed by atoms with Gasteiger partial charge in [0.05, 0.1) is 18.5 Å². The molecule has 0 aromatic heterocycles. The van der Waals surface area contributed by atoms with Crippen LogP contribution >= 0.6 is 35.7 Å². The Bertz CT molecular complexity index is 605. The van der Waals surface area contributed by atoms with Crippen molar-refractivity contribution in [1.29, 1.82) is 0 Å². The van der Waals surface area contributed by atoms with Gasteiger partial charge >= 0.3 is 0 Å². The summed E-state index contributed by atoms with van der Waals surface area (Å²) in [6.45, 7) is 8.74. The second-order valence-corrected chi connectivity index (χ2v) is 10.9. The van der Waals surface area contributed by atoms with Crippen LogP contribution in [0.1, 0.15) is 26.7 Å². The van der Waals surface area contributed by atoms with Crippen molar-refractivity contribution in [3.63, 3.8) is 0 Å². The molecule has 29 heavy (non-hydrogen) atoms. The second kappa shape index (κ2) is 12.9. The molecule has 2 aliphatic heterocycles. The molecule has 0 bridgehead atoms. The summed E-state index contributed by atoms with van der Waals surface area (Å²) in [5.41, 5.74) is 0. The van der Waals surface area contributed by atoms with E-state index in [2.05, 4.69) is 21.5 Å². The molecular weight excluding hydrogens is 527 g/mol. The number of rotatable bonds is 8. The number of aliphatic imine (C=N–C) groups is 1. The third-order valence-electron chi connectivity index (χ3n) is 5.34. The van der Waals surface area contributed by atoms with Gasteiger partial charge in [-0.2, -0.15) is 16.1 Å². The van der Waals surface area contributed by atoms with E-state index in [0.717, 1.165) is 38.6 Å². The van der Waals surface area contributed by atoms with Crippen molar-refractivity contribution in [3.8, 4) is 0 Å². The van der Waals surface area contributed by atoms with Crippen molar-refractivity contribution in [2.75, 3.05) is 71.6 Å². The van der Waals surface area contributed by atoms with Crippen molar-refractivity contribution in [3.05, 3.63) is 0 Å². The first kappa shape index (κ1) is 27.2. The SMILES string of the molecule is CN=C(NCC1(SC)CCOCC1)N1CCN(S(=O)(=O)CCOC(C)C)CC1.I. The molecule has 0 radical (unpaired) electrons. The summed E-state index contributed by atoms with van der Waals surface area (Å²) in [4.78, 5) is 6.56. The van der Waals surface area contributed by atoms with E-state index in [1.165, 1.54) is 0 Å². The van der Waals surface area contributed by atoms with Gasteiger partial charge in [-0.3, -0.25) is 4.99 Å². The Hall–Kier alpha value is 0.180. The highest BCUT2D eigenvalue weighted by molar-refractivity contribution is 14.0. The fourth-order valence-electron chi connectivity index (χ4n) is 3.47. The van der Waals surface area contributed by atoms with Crippen molar-refractivity contribution in [1.82, 2.24) is 14.5 Å². The van der Waals surface area contributed by atoms with E-state index in [1.807, 2.05) is 25.6 Å². The Morgan fingerprint density at radius 1 is 1.24 bits per heavy atom. The van der Waals surface area contributed by atoms with Crippen molar-refractivity contribution in [2.45, 2.75) is 37.5 Å². The van der Waals surface area contributed by atoms with Gasteiger partial charge in [0.1, 0.15) is 0 Å². The smallest absolute Gasteiger partial charge is 0.216 e. The molecule has 0 amide bonds. The van der Waals surface area contributed by atoms with Crippen molar-refractivity contribution >= 4 is 51.7 Å². The van der Waals surface area contributed by atoms with Crippen LogP contribution in [-0.2, 0) is 19.5 Å². The summed E-state index contributed by atoms with van der Waals surface area (Å²) in [7, 11) is -1.49. The summed E-state index contributed by atoms with van der Waals surface area (Å²) < 4.78 is 37.6. The summed E-state index contributed by atoms with van der Waals surface area (Å²) in [6.07, 6.45) is 4.26. The van der Waals surface area contributed by atoms with Gasteiger partial charge in [-0.25, -0.2) is 8.42 Å². The molecule has 2 heterocycles. The molecule has 0 atom stereocenters. The first-order chi connectivity index (χ1) is 13.3. The van der Waals surface area contributed by atoms with E-state index in [-0.39, 0.29) is 47.2 Å². The maximum absolute atomic E-state index is 12.5. The zero-order valence-electron chi connectivity index (χ0n) is 18.1. The monoisotopic (exact) mass is 564 g/mol. The molecule has 2 saturated heterocycles. The highest BCUT2D eigenvalue weighted by Gasteiger charge is 2.33. The van der Waals surface area contributed by atoms with Crippen LogP contribution in [0.2, 0.25) is 0 Å². The van der Waals surface area contributed by atoms with E-state index in [4.69, 9.17) is 9.47 Å². The first-order valence-electron chi connectivity index (χ1n) is 10.00. The molecule has 0 saturated carbocycles. The Labute approximate surface area is 197 Å². The number of nitrogens with one attached hydrogen (secondary N) is 1. The Kier molecular flexibility index (Phi) is 12.1. The van der Waals surface area contributed by atoms with Gasteiger partial charge in [-0.05, 0) is 32.9 Å².